The zero-order valence-corrected chi connectivity index (χ0v) is 16.0. The lowest BCUT2D eigenvalue weighted by atomic mass is 9.98. The number of rotatable bonds is 3. The number of amides is 2. The fourth-order valence-corrected chi connectivity index (χ4v) is 3.80. The minimum absolute atomic E-state index is 0.133. The number of likely N-dealkylation sites (tertiary alicyclic amines) is 1. The first-order chi connectivity index (χ1) is 12.7. The number of nitrogens with zero attached hydrogens (tertiary/aromatic N) is 1. The number of fused-ring (bicyclic) bond motifs is 2. The van der Waals surface area contributed by atoms with Gasteiger partial charge in [0.2, 0.25) is 0 Å². The number of halogens is 1. The Morgan fingerprint density at radius 2 is 1.85 bits per heavy atom. The highest BCUT2D eigenvalue weighted by molar-refractivity contribution is 5.69. The Labute approximate surface area is 159 Å². The van der Waals surface area contributed by atoms with Crippen LogP contribution in [0, 0.1) is 11.8 Å². The highest BCUT2D eigenvalue weighted by atomic mass is 19.1. The Balaban J connectivity index is 1.55. The molecular weight excluding hydrogens is 351 g/mol. The number of alkyl carbamates (subject to hydrolysis) is 1. The molecule has 1 saturated carbocycles. The first kappa shape index (κ1) is 19.5. The van der Waals surface area contributed by atoms with E-state index in [9.17, 15) is 14.0 Å². The maximum absolute atomic E-state index is 14.8. The third kappa shape index (κ3) is 4.90. The number of nitrogens with one attached hydrogen (secondary N) is 1. The third-order valence-corrected chi connectivity index (χ3v) is 4.97. The molecule has 1 aliphatic heterocycles. The van der Waals surface area contributed by atoms with Crippen molar-refractivity contribution in [1.82, 2.24) is 10.2 Å². The van der Waals surface area contributed by atoms with Crippen molar-refractivity contribution < 1.29 is 23.5 Å². The molecular formula is C20H27FN2O4. The van der Waals surface area contributed by atoms with Gasteiger partial charge in [0, 0.05) is 24.9 Å². The number of benzene rings is 1. The van der Waals surface area contributed by atoms with Crippen LogP contribution in [0.15, 0.2) is 30.3 Å². The van der Waals surface area contributed by atoms with Crippen LogP contribution in [0.4, 0.5) is 14.0 Å². The monoisotopic (exact) mass is 378 g/mol. The van der Waals surface area contributed by atoms with Gasteiger partial charge in [-0.2, -0.15) is 0 Å². The second-order valence-electron chi connectivity index (χ2n) is 8.32. The highest BCUT2D eigenvalue weighted by Gasteiger charge is 2.50. The van der Waals surface area contributed by atoms with Crippen molar-refractivity contribution in [2.45, 2.75) is 51.6 Å². The zero-order valence-electron chi connectivity index (χ0n) is 16.0. The lowest BCUT2D eigenvalue weighted by molar-refractivity contribution is 0.0140. The van der Waals surface area contributed by atoms with Crippen LogP contribution in [0.2, 0.25) is 0 Å². The van der Waals surface area contributed by atoms with E-state index in [0.717, 1.165) is 5.56 Å². The molecule has 148 valence electrons. The quantitative estimate of drug-likeness (QED) is 0.874. The van der Waals surface area contributed by atoms with Crippen LogP contribution in [0.25, 0.3) is 0 Å². The Morgan fingerprint density at radius 1 is 1.19 bits per heavy atom. The maximum atomic E-state index is 14.8. The van der Waals surface area contributed by atoms with Gasteiger partial charge in [0.1, 0.15) is 18.4 Å². The van der Waals surface area contributed by atoms with Crippen LogP contribution in [0.5, 0.6) is 0 Å². The molecule has 4 atom stereocenters. The second-order valence-corrected chi connectivity index (χ2v) is 8.32. The predicted octanol–water partition coefficient (Wildman–Crippen LogP) is 3.51. The van der Waals surface area contributed by atoms with Crippen LogP contribution in [-0.2, 0) is 16.1 Å². The van der Waals surface area contributed by atoms with Crippen molar-refractivity contribution in [3.05, 3.63) is 35.9 Å². The number of ether oxygens (including phenoxy) is 2. The number of carbonyl (C=O) groups excluding carboxylic acids is 2. The molecule has 1 aromatic carbocycles. The predicted molar refractivity (Wildman–Crippen MR) is 97.9 cm³/mol. The Hall–Kier alpha value is -2.31. The maximum Gasteiger partial charge on any atom is 0.410 e. The lowest BCUT2D eigenvalue weighted by Gasteiger charge is -2.33. The Kier molecular flexibility index (Phi) is 5.58. The molecule has 27 heavy (non-hydrogen) atoms. The standard InChI is InChI=1S/C20H27FN2O4/c1-20(2,3)27-19(25)23-10-14-9-15(11-23)17(16(14)21)22-18(24)26-12-13-7-5-4-6-8-13/h4-8,14-17H,9-12H2,1-3H3,(H,22,24)/t14?,15?,16-,17+/m1/s1. The minimum atomic E-state index is -1.20. The number of carbonyl (C=O) groups is 2. The van der Waals surface area contributed by atoms with Crippen molar-refractivity contribution in [2.24, 2.45) is 11.8 Å². The van der Waals surface area contributed by atoms with Gasteiger partial charge in [0.25, 0.3) is 0 Å². The molecule has 2 aliphatic rings. The zero-order chi connectivity index (χ0) is 19.6. The van der Waals surface area contributed by atoms with Gasteiger partial charge in [-0.1, -0.05) is 30.3 Å². The number of alkyl halides is 1. The van der Waals surface area contributed by atoms with E-state index >= 15 is 0 Å². The SMILES string of the molecule is CC(C)(C)OC(=O)N1CC2CC(C1)[C@H](NC(=O)OCc1ccccc1)[C@@H]2F. The van der Waals surface area contributed by atoms with Gasteiger partial charge in [-0.3, -0.25) is 0 Å². The Morgan fingerprint density at radius 3 is 2.52 bits per heavy atom. The summed E-state index contributed by atoms with van der Waals surface area (Å²) >= 11 is 0. The minimum Gasteiger partial charge on any atom is -0.445 e. The van der Waals surface area contributed by atoms with Crippen LogP contribution < -0.4 is 5.32 Å². The van der Waals surface area contributed by atoms with Gasteiger partial charge < -0.3 is 19.7 Å². The molecule has 1 saturated heterocycles. The molecule has 1 N–H and O–H groups in total. The van der Waals surface area contributed by atoms with Gasteiger partial charge in [-0.05, 0) is 32.8 Å². The van der Waals surface area contributed by atoms with Crippen molar-refractivity contribution in [2.75, 3.05) is 13.1 Å². The van der Waals surface area contributed by atoms with Crippen molar-refractivity contribution in [3.63, 3.8) is 0 Å². The van der Waals surface area contributed by atoms with Gasteiger partial charge >= 0.3 is 12.2 Å². The highest BCUT2D eigenvalue weighted by Crippen LogP contribution is 2.39. The normalized spacial score (nSPS) is 27.2. The fraction of sp³-hybridized carbons (Fsp3) is 0.600. The molecule has 1 aromatic rings. The molecule has 2 fully saturated rings. The third-order valence-electron chi connectivity index (χ3n) is 4.97. The van der Waals surface area contributed by atoms with E-state index in [-0.39, 0.29) is 18.4 Å². The van der Waals surface area contributed by atoms with Gasteiger partial charge in [-0.15, -0.1) is 0 Å². The van der Waals surface area contributed by atoms with Crippen LogP contribution in [0.1, 0.15) is 32.8 Å². The van der Waals surface area contributed by atoms with Crippen LogP contribution in [-0.4, -0.2) is 48.0 Å². The molecule has 2 unspecified atom stereocenters. The van der Waals surface area contributed by atoms with Crippen molar-refractivity contribution in [3.8, 4) is 0 Å². The van der Waals surface area contributed by atoms with Crippen molar-refractivity contribution >= 4 is 12.2 Å². The summed E-state index contributed by atoms with van der Waals surface area (Å²) in [7, 11) is 0. The topological polar surface area (TPSA) is 67.9 Å². The molecule has 0 spiro atoms. The summed E-state index contributed by atoms with van der Waals surface area (Å²) in [4.78, 5) is 26.0. The largest absolute Gasteiger partial charge is 0.445 e. The summed E-state index contributed by atoms with van der Waals surface area (Å²) in [5.74, 6) is -0.439. The van der Waals surface area contributed by atoms with E-state index in [1.807, 2.05) is 30.3 Å². The molecule has 0 radical (unpaired) electrons. The Bertz CT molecular complexity index is 676. The summed E-state index contributed by atoms with van der Waals surface area (Å²) in [6, 6.07) is 8.66. The van der Waals surface area contributed by atoms with Gasteiger partial charge in [-0.25, -0.2) is 14.0 Å². The summed E-state index contributed by atoms with van der Waals surface area (Å²) in [6.45, 7) is 6.21. The molecule has 6 nitrogen and oxygen atoms in total. The van der Waals surface area contributed by atoms with E-state index in [0.29, 0.717) is 19.5 Å². The van der Waals surface area contributed by atoms with Crippen LogP contribution >= 0.6 is 0 Å². The second kappa shape index (κ2) is 7.74. The van der Waals surface area contributed by atoms with Crippen molar-refractivity contribution in [1.29, 1.82) is 0 Å². The molecule has 7 heteroatoms. The van der Waals surface area contributed by atoms with E-state index in [2.05, 4.69) is 5.32 Å². The van der Waals surface area contributed by atoms with E-state index < -0.39 is 30.0 Å². The average molecular weight is 378 g/mol. The summed E-state index contributed by atoms with van der Waals surface area (Å²) < 4.78 is 25.4. The van der Waals surface area contributed by atoms with E-state index in [4.69, 9.17) is 9.47 Å². The lowest BCUT2D eigenvalue weighted by Crippen LogP contribution is -2.46. The van der Waals surface area contributed by atoms with Gasteiger partial charge in [0.05, 0.1) is 6.04 Å². The fourth-order valence-electron chi connectivity index (χ4n) is 3.80. The first-order valence-corrected chi connectivity index (χ1v) is 9.32. The summed E-state index contributed by atoms with van der Waals surface area (Å²) in [5, 5.41) is 2.66. The summed E-state index contributed by atoms with van der Waals surface area (Å²) in [5.41, 5.74) is 0.271. The van der Waals surface area contributed by atoms with E-state index in [1.54, 1.807) is 25.7 Å². The number of hydrogen-bond donors (Lipinski definition) is 1. The number of hydrogen-bond acceptors (Lipinski definition) is 4. The molecule has 1 heterocycles. The van der Waals surface area contributed by atoms with Crippen LogP contribution in [0.3, 0.4) is 0 Å². The first-order valence-electron chi connectivity index (χ1n) is 9.32. The molecule has 2 bridgehead atoms. The molecule has 2 amide bonds. The molecule has 3 rings (SSSR count). The van der Waals surface area contributed by atoms with Gasteiger partial charge in [0.15, 0.2) is 0 Å². The van der Waals surface area contributed by atoms with E-state index in [1.165, 1.54) is 0 Å². The molecule has 0 aromatic heterocycles. The average Bonchev–Trinajstić information content (AvgIpc) is 2.82. The molecule has 1 aliphatic carbocycles. The summed E-state index contributed by atoms with van der Waals surface area (Å²) in [6.07, 6.45) is -1.63. The number of piperidine rings is 1. The smallest absolute Gasteiger partial charge is 0.410 e.